The van der Waals surface area contributed by atoms with E-state index < -0.39 is 0 Å². The molecule has 6 heteroatoms. The lowest BCUT2D eigenvalue weighted by molar-refractivity contribution is 0.0922. The predicted molar refractivity (Wildman–Crippen MR) is 74.3 cm³/mol. The zero-order valence-corrected chi connectivity index (χ0v) is 11.6. The molecular weight excluding hydrogens is 246 g/mol. The first-order valence-electron chi connectivity index (χ1n) is 6.63. The summed E-state index contributed by atoms with van der Waals surface area (Å²) in [7, 11) is 0. The van der Waals surface area contributed by atoms with Crippen molar-refractivity contribution in [1.82, 2.24) is 9.55 Å². The third-order valence-electron chi connectivity index (χ3n) is 2.47. The van der Waals surface area contributed by atoms with Crippen molar-refractivity contribution in [2.24, 2.45) is 5.92 Å². The lowest BCUT2D eigenvalue weighted by atomic mass is 10.2. The van der Waals surface area contributed by atoms with Gasteiger partial charge in [-0.1, -0.05) is 13.8 Å². The van der Waals surface area contributed by atoms with E-state index in [1.54, 1.807) is 17.0 Å². The highest BCUT2D eigenvalue weighted by Gasteiger charge is 2.05. The van der Waals surface area contributed by atoms with Gasteiger partial charge in [-0.25, -0.2) is 4.98 Å². The summed E-state index contributed by atoms with van der Waals surface area (Å²) in [4.78, 5) is 16.1. The van der Waals surface area contributed by atoms with E-state index in [9.17, 15) is 4.79 Å². The van der Waals surface area contributed by atoms with Crippen LogP contribution in [0.2, 0.25) is 0 Å². The lowest BCUT2D eigenvalue weighted by Crippen LogP contribution is -2.26. The SMILES string of the molecule is CC(C)Cn1ccnc(NCCCOCCO)c1=O. The Labute approximate surface area is 113 Å². The number of anilines is 1. The molecule has 0 unspecified atom stereocenters. The number of aromatic nitrogens is 2. The summed E-state index contributed by atoms with van der Waals surface area (Å²) < 4.78 is 6.80. The molecular formula is C13H23N3O3. The quantitative estimate of drug-likeness (QED) is 0.646. The van der Waals surface area contributed by atoms with Crippen molar-refractivity contribution in [2.75, 3.05) is 31.7 Å². The number of aliphatic hydroxyl groups excluding tert-OH is 1. The molecule has 0 atom stereocenters. The van der Waals surface area contributed by atoms with Gasteiger partial charge >= 0.3 is 0 Å². The molecule has 0 saturated carbocycles. The topological polar surface area (TPSA) is 76.4 Å². The Bertz CT molecular complexity index is 418. The van der Waals surface area contributed by atoms with Crippen molar-refractivity contribution in [2.45, 2.75) is 26.8 Å². The van der Waals surface area contributed by atoms with Crippen LogP contribution in [-0.4, -0.2) is 41.0 Å². The fraction of sp³-hybridized carbons (Fsp3) is 0.692. The van der Waals surface area contributed by atoms with Crippen LogP contribution in [0.3, 0.4) is 0 Å². The van der Waals surface area contributed by atoms with Gasteiger partial charge in [0.25, 0.3) is 5.56 Å². The Morgan fingerprint density at radius 2 is 2.26 bits per heavy atom. The molecule has 0 spiro atoms. The number of nitrogens with one attached hydrogen (secondary N) is 1. The van der Waals surface area contributed by atoms with E-state index >= 15 is 0 Å². The molecule has 2 N–H and O–H groups in total. The molecule has 0 aliphatic rings. The van der Waals surface area contributed by atoms with Crippen LogP contribution < -0.4 is 10.9 Å². The Balaban J connectivity index is 2.43. The number of ether oxygens (including phenoxy) is 1. The van der Waals surface area contributed by atoms with Gasteiger partial charge in [-0.2, -0.15) is 0 Å². The van der Waals surface area contributed by atoms with Crippen LogP contribution in [0.1, 0.15) is 20.3 Å². The third kappa shape index (κ3) is 5.85. The van der Waals surface area contributed by atoms with Gasteiger partial charge in [0.2, 0.25) is 0 Å². The van der Waals surface area contributed by atoms with Crippen LogP contribution in [0.5, 0.6) is 0 Å². The molecule has 0 amide bonds. The Kier molecular flexibility index (Phi) is 7.14. The van der Waals surface area contributed by atoms with Crippen LogP contribution >= 0.6 is 0 Å². The second kappa shape index (κ2) is 8.66. The Hall–Kier alpha value is -1.40. The zero-order valence-electron chi connectivity index (χ0n) is 11.6. The van der Waals surface area contributed by atoms with Crippen molar-refractivity contribution < 1.29 is 9.84 Å². The van der Waals surface area contributed by atoms with Crippen molar-refractivity contribution in [3.8, 4) is 0 Å². The maximum absolute atomic E-state index is 12.0. The van der Waals surface area contributed by atoms with Gasteiger partial charge in [0.05, 0.1) is 13.2 Å². The van der Waals surface area contributed by atoms with E-state index in [1.807, 2.05) is 0 Å². The average Bonchev–Trinajstić information content (AvgIpc) is 2.37. The van der Waals surface area contributed by atoms with Crippen molar-refractivity contribution in [3.63, 3.8) is 0 Å². The summed E-state index contributed by atoms with van der Waals surface area (Å²) in [6, 6.07) is 0. The van der Waals surface area contributed by atoms with Gasteiger partial charge < -0.3 is 19.7 Å². The van der Waals surface area contributed by atoms with E-state index in [0.29, 0.717) is 38.0 Å². The standard InChI is InChI=1S/C13H23N3O3/c1-11(2)10-16-6-5-15-12(13(16)18)14-4-3-8-19-9-7-17/h5-6,11,17H,3-4,7-10H2,1-2H3,(H,14,15). The summed E-state index contributed by atoms with van der Waals surface area (Å²) in [5.74, 6) is 0.796. The molecule has 6 nitrogen and oxygen atoms in total. The van der Waals surface area contributed by atoms with Crippen LogP contribution in [0, 0.1) is 5.92 Å². The molecule has 0 aliphatic carbocycles. The number of hydrogen-bond acceptors (Lipinski definition) is 5. The van der Waals surface area contributed by atoms with Crippen molar-refractivity contribution in [1.29, 1.82) is 0 Å². The summed E-state index contributed by atoms with van der Waals surface area (Å²) in [6.45, 7) is 6.39. The largest absolute Gasteiger partial charge is 0.394 e. The van der Waals surface area contributed by atoms with Crippen LogP contribution in [0.4, 0.5) is 5.82 Å². The van der Waals surface area contributed by atoms with Gasteiger partial charge in [-0.15, -0.1) is 0 Å². The molecule has 0 fully saturated rings. The van der Waals surface area contributed by atoms with E-state index in [1.165, 1.54) is 0 Å². The van der Waals surface area contributed by atoms with Gasteiger partial charge in [0.15, 0.2) is 5.82 Å². The van der Waals surface area contributed by atoms with E-state index in [2.05, 4.69) is 24.1 Å². The number of rotatable bonds is 9. The van der Waals surface area contributed by atoms with E-state index in [0.717, 1.165) is 6.42 Å². The van der Waals surface area contributed by atoms with Gasteiger partial charge in [0.1, 0.15) is 0 Å². The molecule has 0 radical (unpaired) electrons. The molecule has 1 rings (SSSR count). The molecule has 1 heterocycles. The average molecular weight is 269 g/mol. The first-order valence-corrected chi connectivity index (χ1v) is 6.63. The zero-order chi connectivity index (χ0) is 14.1. The smallest absolute Gasteiger partial charge is 0.293 e. The fourth-order valence-electron chi connectivity index (χ4n) is 1.65. The normalized spacial score (nSPS) is 10.9. The third-order valence-corrected chi connectivity index (χ3v) is 2.47. The number of nitrogens with zero attached hydrogens (tertiary/aromatic N) is 2. The first kappa shape index (κ1) is 15.7. The summed E-state index contributed by atoms with van der Waals surface area (Å²) in [6.07, 6.45) is 4.10. The molecule has 1 aromatic heterocycles. The summed E-state index contributed by atoms with van der Waals surface area (Å²) in [5.41, 5.74) is -0.0903. The molecule has 0 bridgehead atoms. The first-order chi connectivity index (χ1) is 9.15. The van der Waals surface area contributed by atoms with Crippen LogP contribution in [0.15, 0.2) is 17.2 Å². The Morgan fingerprint density at radius 3 is 2.95 bits per heavy atom. The minimum atomic E-state index is -0.0903. The van der Waals surface area contributed by atoms with Gasteiger partial charge in [0, 0.05) is 32.1 Å². The van der Waals surface area contributed by atoms with Gasteiger partial charge in [-0.3, -0.25) is 4.79 Å². The number of hydrogen-bond donors (Lipinski definition) is 2. The van der Waals surface area contributed by atoms with Crippen LogP contribution in [0.25, 0.3) is 0 Å². The molecule has 19 heavy (non-hydrogen) atoms. The van der Waals surface area contributed by atoms with Crippen LogP contribution in [-0.2, 0) is 11.3 Å². The van der Waals surface area contributed by atoms with E-state index in [4.69, 9.17) is 9.84 Å². The minimum absolute atomic E-state index is 0.0353. The highest BCUT2D eigenvalue weighted by molar-refractivity contribution is 5.30. The maximum Gasteiger partial charge on any atom is 0.293 e. The highest BCUT2D eigenvalue weighted by Crippen LogP contribution is 1.98. The second-order valence-electron chi connectivity index (χ2n) is 4.74. The molecule has 0 aromatic carbocycles. The monoisotopic (exact) mass is 269 g/mol. The minimum Gasteiger partial charge on any atom is -0.394 e. The molecule has 0 saturated heterocycles. The van der Waals surface area contributed by atoms with E-state index in [-0.39, 0.29) is 12.2 Å². The lowest BCUT2D eigenvalue weighted by Gasteiger charge is -2.10. The molecule has 0 aliphatic heterocycles. The predicted octanol–water partition coefficient (Wildman–Crippen LogP) is 0.710. The number of aliphatic hydroxyl groups is 1. The highest BCUT2D eigenvalue weighted by atomic mass is 16.5. The molecule has 1 aromatic rings. The fourth-order valence-corrected chi connectivity index (χ4v) is 1.65. The maximum atomic E-state index is 12.0. The molecule has 108 valence electrons. The Morgan fingerprint density at radius 1 is 1.47 bits per heavy atom. The second-order valence-corrected chi connectivity index (χ2v) is 4.74. The summed E-state index contributed by atoms with van der Waals surface area (Å²) >= 11 is 0. The van der Waals surface area contributed by atoms with Gasteiger partial charge in [-0.05, 0) is 12.3 Å². The summed E-state index contributed by atoms with van der Waals surface area (Å²) in [5, 5.41) is 11.6. The van der Waals surface area contributed by atoms with Crippen molar-refractivity contribution >= 4 is 5.82 Å². The van der Waals surface area contributed by atoms with Crippen molar-refractivity contribution in [3.05, 3.63) is 22.7 Å².